The van der Waals surface area contributed by atoms with E-state index >= 15 is 0 Å². The van der Waals surface area contributed by atoms with Crippen molar-refractivity contribution in [1.29, 1.82) is 0 Å². The summed E-state index contributed by atoms with van der Waals surface area (Å²) in [7, 11) is 3.05. The molecule has 1 atom stereocenters. The number of aliphatic hydroxyl groups excluding tert-OH is 1. The molecule has 1 N–H and O–H groups in total. The number of methoxy groups -OCH3 is 2. The van der Waals surface area contributed by atoms with Gasteiger partial charge < -0.3 is 14.6 Å². The Morgan fingerprint density at radius 1 is 0.906 bits per heavy atom. The summed E-state index contributed by atoms with van der Waals surface area (Å²) >= 11 is 0. The van der Waals surface area contributed by atoms with Crippen molar-refractivity contribution in [3.05, 3.63) is 95.1 Å². The van der Waals surface area contributed by atoms with Crippen LogP contribution in [0.2, 0.25) is 0 Å². The number of Topliss-reactive ketones (excluding diaryl/α,β-unsaturated/α-hetero) is 1. The highest BCUT2D eigenvalue weighted by Gasteiger charge is 2.47. The lowest BCUT2D eigenvalue weighted by Gasteiger charge is -2.26. The third-order valence-corrected chi connectivity index (χ3v) is 5.54. The number of nitrogens with zero attached hydrogens (tertiary/aromatic N) is 1. The van der Waals surface area contributed by atoms with Gasteiger partial charge in [0.1, 0.15) is 17.3 Å². The van der Waals surface area contributed by atoms with Crippen LogP contribution in [0, 0.1) is 6.92 Å². The summed E-state index contributed by atoms with van der Waals surface area (Å²) in [6.07, 6.45) is 0. The SMILES string of the molecule is COc1ccc([C@@H]2C(=C(O)c3ccc(C)cc3)C(=O)C(=O)N2c2ccccc2)c(OC)c1. The van der Waals surface area contributed by atoms with Gasteiger partial charge in [0.05, 0.1) is 25.8 Å². The maximum atomic E-state index is 13.2. The van der Waals surface area contributed by atoms with E-state index in [0.29, 0.717) is 28.3 Å². The molecule has 1 amide bonds. The molecule has 1 fully saturated rings. The minimum Gasteiger partial charge on any atom is -0.507 e. The van der Waals surface area contributed by atoms with Crippen LogP contribution in [0.3, 0.4) is 0 Å². The maximum Gasteiger partial charge on any atom is 0.300 e. The van der Waals surface area contributed by atoms with Crippen LogP contribution < -0.4 is 14.4 Å². The summed E-state index contributed by atoms with van der Waals surface area (Å²) < 4.78 is 10.9. The lowest BCUT2D eigenvalue weighted by atomic mass is 9.94. The third kappa shape index (κ3) is 3.60. The summed E-state index contributed by atoms with van der Waals surface area (Å²) in [5, 5.41) is 11.2. The van der Waals surface area contributed by atoms with Crippen LogP contribution in [-0.2, 0) is 9.59 Å². The molecule has 3 aromatic rings. The number of aliphatic hydroxyl groups is 1. The highest BCUT2D eigenvalue weighted by Crippen LogP contribution is 2.45. The van der Waals surface area contributed by atoms with Crippen LogP contribution in [0.4, 0.5) is 5.69 Å². The molecule has 0 saturated carbocycles. The van der Waals surface area contributed by atoms with E-state index in [2.05, 4.69) is 0 Å². The van der Waals surface area contributed by atoms with Crippen LogP contribution in [0.1, 0.15) is 22.7 Å². The van der Waals surface area contributed by atoms with Gasteiger partial charge >= 0.3 is 0 Å². The minimum atomic E-state index is -0.875. The number of amides is 1. The van der Waals surface area contributed by atoms with E-state index < -0.39 is 17.7 Å². The fourth-order valence-corrected chi connectivity index (χ4v) is 3.89. The second kappa shape index (κ2) is 8.59. The van der Waals surface area contributed by atoms with Crippen molar-refractivity contribution >= 4 is 23.1 Å². The largest absolute Gasteiger partial charge is 0.507 e. The minimum absolute atomic E-state index is 0.00572. The van der Waals surface area contributed by atoms with Crippen molar-refractivity contribution in [2.75, 3.05) is 19.1 Å². The zero-order chi connectivity index (χ0) is 22.8. The number of rotatable bonds is 5. The van der Waals surface area contributed by atoms with Crippen LogP contribution in [-0.4, -0.2) is 31.0 Å². The zero-order valence-corrected chi connectivity index (χ0v) is 18.0. The average Bonchev–Trinajstić information content (AvgIpc) is 3.09. The number of ether oxygens (including phenoxy) is 2. The predicted octanol–water partition coefficient (Wildman–Crippen LogP) is 4.64. The Morgan fingerprint density at radius 2 is 1.59 bits per heavy atom. The van der Waals surface area contributed by atoms with Gasteiger partial charge in [0, 0.05) is 22.9 Å². The lowest BCUT2D eigenvalue weighted by Crippen LogP contribution is -2.29. The Morgan fingerprint density at radius 3 is 2.22 bits per heavy atom. The highest BCUT2D eigenvalue weighted by molar-refractivity contribution is 6.51. The first-order valence-electron chi connectivity index (χ1n) is 10.1. The number of ketones is 1. The third-order valence-electron chi connectivity index (χ3n) is 5.54. The highest BCUT2D eigenvalue weighted by atomic mass is 16.5. The quantitative estimate of drug-likeness (QED) is 0.363. The topological polar surface area (TPSA) is 76.1 Å². The fraction of sp³-hybridized carbons (Fsp3) is 0.154. The second-order valence-corrected chi connectivity index (χ2v) is 7.48. The molecular formula is C26H23NO5. The van der Waals surface area contributed by atoms with Gasteiger partial charge in [-0.3, -0.25) is 14.5 Å². The summed E-state index contributed by atoms with van der Waals surface area (Å²) in [6.45, 7) is 1.93. The number of hydrogen-bond donors (Lipinski definition) is 1. The molecular weight excluding hydrogens is 406 g/mol. The Bertz CT molecular complexity index is 1200. The molecule has 32 heavy (non-hydrogen) atoms. The number of hydrogen-bond acceptors (Lipinski definition) is 5. The smallest absolute Gasteiger partial charge is 0.300 e. The van der Waals surface area contributed by atoms with E-state index in [1.807, 2.05) is 25.1 Å². The molecule has 0 bridgehead atoms. The van der Waals surface area contributed by atoms with Gasteiger partial charge in [-0.2, -0.15) is 0 Å². The molecule has 162 valence electrons. The van der Waals surface area contributed by atoms with E-state index in [0.717, 1.165) is 5.56 Å². The Labute approximate surface area is 186 Å². The van der Waals surface area contributed by atoms with Crippen molar-refractivity contribution in [3.8, 4) is 11.5 Å². The zero-order valence-electron chi connectivity index (χ0n) is 18.0. The molecule has 0 radical (unpaired) electrons. The molecule has 1 aliphatic rings. The average molecular weight is 429 g/mol. The molecule has 1 aliphatic heterocycles. The van der Waals surface area contributed by atoms with Crippen LogP contribution in [0.15, 0.2) is 78.4 Å². The summed E-state index contributed by atoms with van der Waals surface area (Å²) in [5.74, 6) is -0.694. The number of carbonyl (C=O) groups is 2. The van der Waals surface area contributed by atoms with Crippen molar-refractivity contribution in [2.45, 2.75) is 13.0 Å². The van der Waals surface area contributed by atoms with E-state index in [4.69, 9.17) is 9.47 Å². The van der Waals surface area contributed by atoms with E-state index in [1.165, 1.54) is 12.0 Å². The van der Waals surface area contributed by atoms with Gasteiger partial charge in [-0.25, -0.2) is 0 Å². The summed E-state index contributed by atoms with van der Waals surface area (Å²) in [5.41, 5.74) is 2.58. The number of para-hydroxylation sites is 1. The molecule has 0 aliphatic carbocycles. The Kier molecular flexibility index (Phi) is 5.69. The van der Waals surface area contributed by atoms with Gasteiger partial charge in [0.15, 0.2) is 0 Å². The normalized spacial score (nSPS) is 17.5. The van der Waals surface area contributed by atoms with Crippen molar-refractivity contribution in [2.24, 2.45) is 0 Å². The molecule has 3 aromatic carbocycles. The molecule has 0 unspecified atom stereocenters. The van der Waals surface area contributed by atoms with E-state index in [-0.39, 0.29) is 11.3 Å². The van der Waals surface area contributed by atoms with Gasteiger partial charge in [-0.15, -0.1) is 0 Å². The Balaban J connectivity index is 1.98. The number of benzene rings is 3. The van der Waals surface area contributed by atoms with Crippen molar-refractivity contribution in [1.82, 2.24) is 0 Å². The van der Waals surface area contributed by atoms with Gasteiger partial charge in [0.25, 0.3) is 11.7 Å². The van der Waals surface area contributed by atoms with Crippen LogP contribution in [0.5, 0.6) is 11.5 Å². The number of anilines is 1. The Hall–Kier alpha value is -4.06. The number of aryl methyl sites for hydroxylation is 1. The van der Waals surface area contributed by atoms with Crippen LogP contribution in [0.25, 0.3) is 5.76 Å². The summed E-state index contributed by atoms with van der Waals surface area (Å²) in [4.78, 5) is 27.8. The molecule has 6 nitrogen and oxygen atoms in total. The number of carbonyl (C=O) groups excluding carboxylic acids is 2. The molecule has 0 aromatic heterocycles. The first-order chi connectivity index (χ1) is 15.5. The first kappa shape index (κ1) is 21.2. The monoisotopic (exact) mass is 429 g/mol. The van der Waals surface area contributed by atoms with Crippen molar-refractivity contribution < 1.29 is 24.2 Å². The van der Waals surface area contributed by atoms with Crippen LogP contribution >= 0.6 is 0 Å². The predicted molar refractivity (Wildman–Crippen MR) is 122 cm³/mol. The maximum absolute atomic E-state index is 13.2. The molecule has 1 heterocycles. The van der Waals surface area contributed by atoms with Gasteiger partial charge in [0.2, 0.25) is 0 Å². The molecule has 0 spiro atoms. The second-order valence-electron chi connectivity index (χ2n) is 7.48. The van der Waals surface area contributed by atoms with Gasteiger partial charge in [-0.05, 0) is 31.2 Å². The summed E-state index contributed by atoms with van der Waals surface area (Å²) in [6, 6.07) is 20.3. The lowest BCUT2D eigenvalue weighted by molar-refractivity contribution is -0.132. The molecule has 6 heteroatoms. The van der Waals surface area contributed by atoms with E-state index in [9.17, 15) is 14.7 Å². The first-order valence-corrected chi connectivity index (χ1v) is 10.1. The van der Waals surface area contributed by atoms with Gasteiger partial charge in [-0.1, -0.05) is 48.0 Å². The molecule has 4 rings (SSSR count). The molecule has 1 saturated heterocycles. The van der Waals surface area contributed by atoms with Crippen molar-refractivity contribution in [3.63, 3.8) is 0 Å². The fourth-order valence-electron chi connectivity index (χ4n) is 3.89. The van der Waals surface area contributed by atoms with E-state index in [1.54, 1.807) is 61.7 Å². The standard InChI is InChI=1S/C26H23NO5/c1-16-9-11-17(12-10-16)24(28)22-23(20-14-13-19(31-2)15-21(20)32-3)27(26(30)25(22)29)18-7-5-4-6-8-18/h4-15,23,28H,1-3H3/t23-/m1/s1.